The van der Waals surface area contributed by atoms with Crippen LogP contribution in [0.25, 0.3) is 22.0 Å². The Balaban J connectivity index is 1.27. The highest BCUT2D eigenvalue weighted by Crippen LogP contribution is 2.53. The number of nitrogens with zero attached hydrogens (tertiary/aromatic N) is 5. The van der Waals surface area contributed by atoms with Crippen molar-refractivity contribution in [2.75, 3.05) is 61.4 Å². The van der Waals surface area contributed by atoms with Crippen LogP contribution in [0.5, 0.6) is 5.75 Å². The van der Waals surface area contributed by atoms with E-state index >= 15 is 0 Å². The summed E-state index contributed by atoms with van der Waals surface area (Å²) in [5, 5.41) is 8.91. The molecule has 50 heavy (non-hydrogen) atoms. The van der Waals surface area contributed by atoms with Gasteiger partial charge in [-0.3, -0.25) is 4.79 Å². The lowest BCUT2D eigenvalue weighted by atomic mass is 9.72. The molecule has 2 aliphatic carbocycles. The third-order valence-electron chi connectivity index (χ3n) is 10.9. The number of ether oxygens (including phenoxy) is 2. The van der Waals surface area contributed by atoms with Crippen LogP contribution in [0.4, 0.5) is 30.6 Å². The van der Waals surface area contributed by atoms with Crippen LogP contribution >= 0.6 is 0 Å². The number of piperidine rings is 1. The number of nitrogen functional groups attached to an aromatic ring is 1. The maximum absolute atomic E-state index is 14.0. The highest BCUT2D eigenvalue weighted by molar-refractivity contribution is 6.05. The summed E-state index contributed by atoms with van der Waals surface area (Å²) in [6.07, 6.45) is 3.88. The average molecular weight is 690 g/mol. The van der Waals surface area contributed by atoms with Gasteiger partial charge in [0, 0.05) is 73.1 Å². The smallest absolute Gasteiger partial charge is 0.422 e. The monoisotopic (exact) mass is 689 g/mol. The predicted molar refractivity (Wildman–Crippen MR) is 186 cm³/mol. The van der Waals surface area contributed by atoms with Gasteiger partial charge in [0.1, 0.15) is 11.3 Å². The first kappa shape index (κ1) is 32.8. The molecule has 5 fully saturated rings. The molecule has 0 bridgehead atoms. The van der Waals surface area contributed by atoms with E-state index in [1.165, 1.54) is 6.08 Å². The molecule has 3 aliphatic heterocycles. The van der Waals surface area contributed by atoms with Crippen molar-refractivity contribution < 1.29 is 27.4 Å². The second-order valence-electron chi connectivity index (χ2n) is 14.7. The summed E-state index contributed by atoms with van der Waals surface area (Å²) < 4.78 is 53.9. The molecule has 1 spiro atoms. The van der Waals surface area contributed by atoms with Gasteiger partial charge < -0.3 is 35.3 Å². The van der Waals surface area contributed by atoms with Gasteiger partial charge in [0.25, 0.3) is 0 Å². The van der Waals surface area contributed by atoms with Crippen molar-refractivity contribution in [1.29, 1.82) is 5.41 Å². The lowest BCUT2D eigenvalue weighted by Crippen LogP contribution is -2.61. The Kier molecular flexibility index (Phi) is 7.96. The summed E-state index contributed by atoms with van der Waals surface area (Å²) in [5.74, 6) is 1.19. The molecule has 0 radical (unpaired) electrons. The zero-order valence-electron chi connectivity index (χ0n) is 28.2. The molecule has 4 heterocycles. The van der Waals surface area contributed by atoms with Crippen molar-refractivity contribution in [3.05, 3.63) is 47.5 Å². The van der Waals surface area contributed by atoms with E-state index in [9.17, 15) is 18.0 Å². The SMILES string of the molecule is C=CC(=O)N1CC2(CCN(c3nc(N4CC(OC5CC5)C4)nc4c(OCC(F)(F)F)c(-c5c(C)ccc(N)c5C=N)c(C5CC5)cc34)CC2)C1. The number of alkyl halides is 3. The third kappa shape index (κ3) is 6.03. The number of aromatic nitrogens is 2. The Hall–Kier alpha value is -4.39. The zero-order valence-corrected chi connectivity index (χ0v) is 28.2. The number of hydrogen-bond donors (Lipinski definition) is 2. The molecule has 8 rings (SSSR count). The van der Waals surface area contributed by atoms with Crippen molar-refractivity contribution in [2.24, 2.45) is 5.41 Å². The van der Waals surface area contributed by atoms with E-state index in [2.05, 4.69) is 11.5 Å². The fourth-order valence-corrected chi connectivity index (χ4v) is 7.83. The van der Waals surface area contributed by atoms with Gasteiger partial charge in [-0.15, -0.1) is 0 Å². The number of amides is 1. The van der Waals surface area contributed by atoms with Gasteiger partial charge in [-0.05, 0) is 86.3 Å². The minimum absolute atomic E-state index is 0.0346. The Morgan fingerprint density at radius 1 is 1.08 bits per heavy atom. The van der Waals surface area contributed by atoms with Gasteiger partial charge in [0.05, 0.1) is 12.2 Å². The quantitative estimate of drug-likeness (QED) is 0.152. The van der Waals surface area contributed by atoms with Crippen LogP contribution in [-0.4, -0.2) is 91.2 Å². The molecule has 264 valence electrons. The number of carbonyl (C=O) groups is 1. The normalized spacial score (nSPS) is 20.5. The summed E-state index contributed by atoms with van der Waals surface area (Å²) in [6, 6.07) is 5.59. The molecule has 2 saturated carbocycles. The molecule has 1 amide bonds. The molecule has 3 saturated heterocycles. The number of carbonyl (C=O) groups excluding carboxylic acids is 1. The molecule has 10 nitrogen and oxygen atoms in total. The Morgan fingerprint density at radius 2 is 1.80 bits per heavy atom. The van der Waals surface area contributed by atoms with Crippen LogP contribution in [0.1, 0.15) is 61.1 Å². The molecule has 3 aromatic rings. The van der Waals surface area contributed by atoms with Crippen molar-refractivity contribution >= 4 is 40.5 Å². The van der Waals surface area contributed by atoms with Gasteiger partial charge in [-0.2, -0.15) is 18.2 Å². The van der Waals surface area contributed by atoms with E-state index in [1.54, 1.807) is 6.07 Å². The summed E-state index contributed by atoms with van der Waals surface area (Å²) in [5.41, 5.74) is 10.3. The molecule has 3 N–H and O–H groups in total. The molecular weight excluding hydrogens is 647 g/mol. The fourth-order valence-electron chi connectivity index (χ4n) is 7.83. The first-order valence-corrected chi connectivity index (χ1v) is 17.5. The maximum Gasteiger partial charge on any atom is 0.422 e. The first-order valence-electron chi connectivity index (χ1n) is 17.5. The third-order valence-corrected chi connectivity index (χ3v) is 10.9. The summed E-state index contributed by atoms with van der Waals surface area (Å²) in [6.45, 7) is 7.93. The van der Waals surface area contributed by atoms with E-state index in [4.69, 9.17) is 30.6 Å². The highest BCUT2D eigenvalue weighted by Gasteiger charge is 2.47. The van der Waals surface area contributed by atoms with Crippen molar-refractivity contribution in [3.8, 4) is 16.9 Å². The fraction of sp³-hybridized carbons (Fsp3) is 0.514. The number of anilines is 3. The van der Waals surface area contributed by atoms with Crippen LogP contribution in [0.15, 0.2) is 30.9 Å². The van der Waals surface area contributed by atoms with Crippen molar-refractivity contribution in [2.45, 2.75) is 69.8 Å². The van der Waals surface area contributed by atoms with Crippen molar-refractivity contribution in [1.82, 2.24) is 14.9 Å². The van der Waals surface area contributed by atoms with E-state index in [0.29, 0.717) is 90.4 Å². The Labute approximate surface area is 288 Å². The summed E-state index contributed by atoms with van der Waals surface area (Å²) in [7, 11) is 0. The number of halogens is 3. The van der Waals surface area contributed by atoms with Gasteiger partial charge >= 0.3 is 6.18 Å². The maximum atomic E-state index is 14.0. The number of rotatable bonds is 10. The van der Waals surface area contributed by atoms with E-state index in [-0.39, 0.29) is 29.1 Å². The number of aryl methyl sites for hydroxylation is 1. The average Bonchev–Trinajstić information content (AvgIpc) is 3.99. The number of fused-ring (bicyclic) bond motifs is 1. The lowest BCUT2D eigenvalue weighted by molar-refractivity contribution is -0.153. The minimum atomic E-state index is -4.59. The van der Waals surface area contributed by atoms with Gasteiger partial charge in [-0.25, -0.2) is 4.98 Å². The highest BCUT2D eigenvalue weighted by atomic mass is 19.4. The second kappa shape index (κ2) is 12.1. The Bertz CT molecular complexity index is 1870. The molecule has 0 atom stereocenters. The summed E-state index contributed by atoms with van der Waals surface area (Å²) >= 11 is 0. The summed E-state index contributed by atoms with van der Waals surface area (Å²) in [4.78, 5) is 28.4. The number of hydrogen-bond acceptors (Lipinski definition) is 9. The van der Waals surface area contributed by atoms with E-state index in [0.717, 1.165) is 55.9 Å². The van der Waals surface area contributed by atoms with Gasteiger partial charge in [0.2, 0.25) is 11.9 Å². The van der Waals surface area contributed by atoms with Crippen LogP contribution in [0.3, 0.4) is 0 Å². The topological polar surface area (TPSA) is 121 Å². The molecule has 5 aliphatic rings. The molecule has 2 aromatic carbocycles. The molecular formula is C37H42F3N7O3. The zero-order chi connectivity index (χ0) is 34.9. The van der Waals surface area contributed by atoms with Crippen molar-refractivity contribution in [3.63, 3.8) is 0 Å². The number of nitrogens with one attached hydrogen (secondary N) is 1. The lowest BCUT2D eigenvalue weighted by Gasteiger charge is -2.54. The van der Waals surface area contributed by atoms with E-state index < -0.39 is 12.8 Å². The largest absolute Gasteiger partial charge is 0.481 e. The van der Waals surface area contributed by atoms with Crippen LogP contribution in [0, 0.1) is 17.7 Å². The van der Waals surface area contributed by atoms with Gasteiger partial charge in [-0.1, -0.05) is 12.6 Å². The molecule has 0 unspecified atom stereocenters. The van der Waals surface area contributed by atoms with Crippen LogP contribution in [-0.2, 0) is 9.53 Å². The number of nitrogens with two attached hydrogens (primary N) is 1. The van der Waals surface area contributed by atoms with Gasteiger partial charge in [0.15, 0.2) is 12.4 Å². The number of benzene rings is 2. The Morgan fingerprint density at radius 3 is 2.42 bits per heavy atom. The molecule has 1 aromatic heterocycles. The van der Waals surface area contributed by atoms with Crippen LogP contribution in [0.2, 0.25) is 0 Å². The van der Waals surface area contributed by atoms with Crippen LogP contribution < -0.4 is 20.3 Å². The first-order chi connectivity index (χ1) is 24.0. The number of likely N-dealkylation sites (tertiary alicyclic amines) is 1. The standard InChI is InChI=1S/C37H42F3N7O3/c1-3-29(48)47-18-36(19-47)10-12-45(13-11-36)34-26-14-25(22-5-6-22)31(30-21(2)4-9-28(42)27(30)15-41)33(49-20-37(38,39)40)32(26)43-35(44-34)46-16-24(17-46)50-23-7-8-23/h3-4,9,14-15,22-24,41H,1,5-8,10-13,16-20,42H2,2H3. The second-order valence-corrected chi connectivity index (χ2v) is 14.7. The minimum Gasteiger partial charge on any atom is -0.481 e. The van der Waals surface area contributed by atoms with E-state index in [1.807, 2.05) is 28.9 Å². The predicted octanol–water partition coefficient (Wildman–Crippen LogP) is 5.99. The molecule has 13 heteroatoms.